The second kappa shape index (κ2) is 9.49. The Balaban J connectivity index is 1.24. The van der Waals surface area contributed by atoms with Crippen LogP contribution in [0.3, 0.4) is 0 Å². The Morgan fingerprint density at radius 2 is 1.81 bits per heavy atom. The van der Waals surface area contributed by atoms with E-state index in [0.29, 0.717) is 11.6 Å². The van der Waals surface area contributed by atoms with Crippen molar-refractivity contribution in [2.45, 2.75) is 19.8 Å². The van der Waals surface area contributed by atoms with Gasteiger partial charge in [-0.2, -0.15) is 0 Å². The number of anilines is 1. The van der Waals surface area contributed by atoms with E-state index in [9.17, 15) is 9.59 Å². The molecule has 6 nitrogen and oxygen atoms in total. The molecular weight excluding hydrogens is 410 g/mol. The first-order valence-corrected chi connectivity index (χ1v) is 10.8. The van der Waals surface area contributed by atoms with Crippen molar-refractivity contribution in [2.75, 3.05) is 11.9 Å². The van der Waals surface area contributed by atoms with Crippen LogP contribution in [0.2, 0.25) is 0 Å². The van der Waals surface area contributed by atoms with Gasteiger partial charge in [0.2, 0.25) is 0 Å². The first kappa shape index (κ1) is 20.7. The molecule has 4 rings (SSSR count). The third-order valence-electron chi connectivity index (χ3n) is 4.70. The quantitative estimate of drug-likeness (QED) is 0.426. The monoisotopic (exact) mass is 431 g/mol. The Labute approximate surface area is 183 Å². The SMILES string of the molecule is Cc1ccc(-c2csc(NC(=O)COC(=O)CCc3ccc4ccccc4n3)n2)cc1. The number of carbonyl (C=O) groups excluding carboxylic acids is 2. The van der Waals surface area contributed by atoms with Crippen LogP contribution in [0, 0.1) is 6.92 Å². The number of ether oxygens (including phenoxy) is 1. The zero-order chi connectivity index (χ0) is 21.6. The summed E-state index contributed by atoms with van der Waals surface area (Å²) in [5.74, 6) is -0.855. The minimum Gasteiger partial charge on any atom is -0.456 e. The van der Waals surface area contributed by atoms with Crippen LogP contribution in [0.25, 0.3) is 22.2 Å². The van der Waals surface area contributed by atoms with Crippen LogP contribution in [0.5, 0.6) is 0 Å². The van der Waals surface area contributed by atoms with Crippen molar-refractivity contribution in [3.8, 4) is 11.3 Å². The van der Waals surface area contributed by atoms with E-state index in [1.165, 1.54) is 16.9 Å². The van der Waals surface area contributed by atoms with Crippen LogP contribution >= 0.6 is 11.3 Å². The van der Waals surface area contributed by atoms with E-state index in [4.69, 9.17) is 4.74 Å². The second-order valence-electron chi connectivity index (χ2n) is 7.11. The molecule has 0 unspecified atom stereocenters. The lowest BCUT2D eigenvalue weighted by atomic mass is 10.1. The zero-order valence-electron chi connectivity index (χ0n) is 17.0. The van der Waals surface area contributed by atoms with E-state index in [2.05, 4.69) is 15.3 Å². The normalized spacial score (nSPS) is 10.7. The lowest BCUT2D eigenvalue weighted by Crippen LogP contribution is -2.21. The van der Waals surface area contributed by atoms with Crippen molar-refractivity contribution in [1.82, 2.24) is 9.97 Å². The predicted molar refractivity (Wildman–Crippen MR) is 122 cm³/mol. The minimum absolute atomic E-state index is 0.160. The molecule has 0 aliphatic rings. The number of nitrogens with one attached hydrogen (secondary N) is 1. The Morgan fingerprint density at radius 1 is 1.00 bits per heavy atom. The van der Waals surface area contributed by atoms with Gasteiger partial charge in [0, 0.05) is 28.4 Å². The number of aryl methyl sites for hydroxylation is 2. The summed E-state index contributed by atoms with van der Waals surface area (Å²) in [6, 6.07) is 19.7. The Kier molecular flexibility index (Phi) is 6.33. The maximum atomic E-state index is 12.1. The van der Waals surface area contributed by atoms with E-state index in [0.717, 1.165) is 27.9 Å². The molecule has 0 atom stereocenters. The lowest BCUT2D eigenvalue weighted by molar-refractivity contribution is -0.147. The van der Waals surface area contributed by atoms with Crippen molar-refractivity contribution in [3.05, 3.63) is 77.3 Å². The number of esters is 1. The van der Waals surface area contributed by atoms with Gasteiger partial charge >= 0.3 is 5.97 Å². The molecule has 0 bridgehead atoms. The minimum atomic E-state index is -0.440. The number of pyridine rings is 1. The maximum absolute atomic E-state index is 12.1. The van der Waals surface area contributed by atoms with Gasteiger partial charge in [0.1, 0.15) is 0 Å². The molecule has 0 aliphatic heterocycles. The number of nitrogens with zero attached hydrogens (tertiary/aromatic N) is 2. The largest absolute Gasteiger partial charge is 0.456 e. The van der Waals surface area contributed by atoms with Gasteiger partial charge in [-0.3, -0.25) is 19.9 Å². The third kappa shape index (κ3) is 5.52. The van der Waals surface area contributed by atoms with Crippen LogP contribution in [0.1, 0.15) is 17.7 Å². The smallest absolute Gasteiger partial charge is 0.306 e. The molecule has 4 aromatic rings. The highest BCUT2D eigenvalue weighted by Gasteiger charge is 2.11. The van der Waals surface area contributed by atoms with Crippen molar-refractivity contribution in [2.24, 2.45) is 0 Å². The first-order valence-electron chi connectivity index (χ1n) is 9.89. The van der Waals surface area contributed by atoms with Gasteiger partial charge in [0.25, 0.3) is 5.91 Å². The first-order chi connectivity index (χ1) is 15.1. The van der Waals surface area contributed by atoms with Crippen molar-refractivity contribution < 1.29 is 14.3 Å². The molecular formula is C24H21N3O3S. The Bertz CT molecular complexity index is 1220. The van der Waals surface area contributed by atoms with Crippen LogP contribution in [0.15, 0.2) is 66.0 Å². The number of aromatic nitrogens is 2. The molecule has 0 saturated carbocycles. The Hall–Kier alpha value is -3.58. The molecule has 0 spiro atoms. The number of rotatable bonds is 7. The third-order valence-corrected chi connectivity index (χ3v) is 5.46. The van der Waals surface area contributed by atoms with Crippen LogP contribution in [-0.2, 0) is 20.7 Å². The molecule has 2 aromatic heterocycles. The van der Waals surface area contributed by atoms with Gasteiger partial charge in [-0.05, 0) is 19.1 Å². The summed E-state index contributed by atoms with van der Waals surface area (Å²) in [7, 11) is 0. The average Bonchev–Trinajstić information content (AvgIpc) is 3.25. The molecule has 2 heterocycles. The van der Waals surface area contributed by atoms with E-state index in [1.807, 2.05) is 73.0 Å². The topological polar surface area (TPSA) is 81.2 Å². The molecule has 0 radical (unpaired) electrons. The molecule has 31 heavy (non-hydrogen) atoms. The van der Waals surface area contributed by atoms with E-state index in [1.54, 1.807) is 0 Å². The van der Waals surface area contributed by atoms with Gasteiger partial charge in [0.15, 0.2) is 11.7 Å². The number of para-hydroxylation sites is 1. The summed E-state index contributed by atoms with van der Waals surface area (Å²) >= 11 is 1.33. The van der Waals surface area contributed by atoms with E-state index < -0.39 is 11.9 Å². The summed E-state index contributed by atoms with van der Waals surface area (Å²) in [5.41, 5.74) is 4.65. The Morgan fingerprint density at radius 3 is 2.65 bits per heavy atom. The number of amides is 1. The van der Waals surface area contributed by atoms with Crippen molar-refractivity contribution >= 4 is 39.2 Å². The summed E-state index contributed by atoms with van der Waals surface area (Å²) in [6.45, 7) is 1.68. The molecule has 0 aliphatic carbocycles. The highest BCUT2D eigenvalue weighted by molar-refractivity contribution is 7.14. The number of thiazole rings is 1. The summed E-state index contributed by atoms with van der Waals surface area (Å²) in [6.07, 6.45) is 0.616. The van der Waals surface area contributed by atoms with Crippen LogP contribution in [-0.4, -0.2) is 28.5 Å². The number of benzene rings is 2. The van der Waals surface area contributed by atoms with Gasteiger partial charge in [-0.15, -0.1) is 11.3 Å². The molecule has 0 fully saturated rings. The van der Waals surface area contributed by atoms with Crippen molar-refractivity contribution in [1.29, 1.82) is 0 Å². The fraction of sp³-hybridized carbons (Fsp3) is 0.167. The van der Waals surface area contributed by atoms with Gasteiger partial charge in [0.05, 0.1) is 17.6 Å². The molecule has 7 heteroatoms. The van der Waals surface area contributed by atoms with Gasteiger partial charge in [-0.25, -0.2) is 4.98 Å². The zero-order valence-corrected chi connectivity index (χ0v) is 17.8. The van der Waals surface area contributed by atoms with Gasteiger partial charge in [-0.1, -0.05) is 54.1 Å². The standard InChI is InChI=1S/C24H21N3O3S/c1-16-6-8-18(9-7-16)21-15-31-24(26-21)27-22(28)14-30-23(29)13-12-19-11-10-17-4-2-3-5-20(17)25-19/h2-11,15H,12-14H2,1H3,(H,26,27,28). The average molecular weight is 432 g/mol. The lowest BCUT2D eigenvalue weighted by Gasteiger charge is -2.05. The maximum Gasteiger partial charge on any atom is 0.306 e. The summed E-state index contributed by atoms with van der Waals surface area (Å²) in [5, 5.41) is 6.07. The second-order valence-corrected chi connectivity index (χ2v) is 7.97. The van der Waals surface area contributed by atoms with Crippen LogP contribution in [0.4, 0.5) is 5.13 Å². The summed E-state index contributed by atoms with van der Waals surface area (Å²) in [4.78, 5) is 33.1. The fourth-order valence-electron chi connectivity index (χ4n) is 3.04. The van der Waals surface area contributed by atoms with Crippen LogP contribution < -0.4 is 5.32 Å². The number of carbonyl (C=O) groups is 2. The number of fused-ring (bicyclic) bond motifs is 1. The van der Waals surface area contributed by atoms with E-state index in [-0.39, 0.29) is 13.0 Å². The molecule has 156 valence electrons. The molecule has 2 aromatic carbocycles. The predicted octanol–water partition coefficient (Wildman–Crippen LogP) is 4.78. The highest BCUT2D eigenvalue weighted by Crippen LogP contribution is 2.25. The molecule has 0 saturated heterocycles. The number of hydrogen-bond acceptors (Lipinski definition) is 6. The van der Waals surface area contributed by atoms with E-state index >= 15 is 0 Å². The number of hydrogen-bond donors (Lipinski definition) is 1. The highest BCUT2D eigenvalue weighted by atomic mass is 32.1. The van der Waals surface area contributed by atoms with Gasteiger partial charge < -0.3 is 4.74 Å². The fourth-order valence-corrected chi connectivity index (χ4v) is 3.78. The molecule has 1 amide bonds. The summed E-state index contributed by atoms with van der Waals surface area (Å²) < 4.78 is 5.09. The molecule has 1 N–H and O–H groups in total. The van der Waals surface area contributed by atoms with Crippen molar-refractivity contribution in [3.63, 3.8) is 0 Å².